The molecule has 5 heteroatoms. The van der Waals surface area contributed by atoms with Crippen LogP contribution in [0.4, 0.5) is 0 Å². The molecule has 2 heterocycles. The van der Waals surface area contributed by atoms with Crippen molar-refractivity contribution in [2.24, 2.45) is 5.92 Å². The summed E-state index contributed by atoms with van der Waals surface area (Å²) in [7, 11) is 0. The Hall–Kier alpha value is -1.62. The number of aromatic nitrogens is 1. The van der Waals surface area contributed by atoms with Crippen molar-refractivity contribution >= 4 is 11.7 Å². The van der Waals surface area contributed by atoms with Crippen LogP contribution in [0.15, 0.2) is 0 Å². The standard InChI is InChI=1S/C18H27N3O2/c1-12(11-21-8-3-4-9-21)10-19-18(23)17-13(2)16-14(20-17)6-5-7-15(16)22/h12,20H,3-11H2,1-2H3,(H,19,23). The summed E-state index contributed by atoms with van der Waals surface area (Å²) in [5.41, 5.74) is 3.08. The van der Waals surface area contributed by atoms with Crippen LogP contribution in [0, 0.1) is 12.8 Å². The van der Waals surface area contributed by atoms with E-state index in [1.807, 2.05) is 6.92 Å². The third-order valence-corrected chi connectivity index (χ3v) is 5.04. The van der Waals surface area contributed by atoms with Gasteiger partial charge in [-0.15, -0.1) is 0 Å². The molecule has 5 nitrogen and oxygen atoms in total. The number of H-pyrrole nitrogens is 1. The zero-order valence-electron chi connectivity index (χ0n) is 14.2. The number of aromatic amines is 1. The zero-order chi connectivity index (χ0) is 16.4. The van der Waals surface area contributed by atoms with Crippen molar-refractivity contribution < 1.29 is 9.59 Å². The second-order valence-corrected chi connectivity index (χ2v) is 7.08. The smallest absolute Gasteiger partial charge is 0.268 e. The van der Waals surface area contributed by atoms with E-state index < -0.39 is 0 Å². The highest BCUT2D eigenvalue weighted by molar-refractivity contribution is 6.04. The second-order valence-electron chi connectivity index (χ2n) is 7.08. The molecule has 1 fully saturated rings. The molecule has 1 aromatic heterocycles. The van der Waals surface area contributed by atoms with Gasteiger partial charge in [0.15, 0.2) is 5.78 Å². The van der Waals surface area contributed by atoms with Crippen molar-refractivity contribution in [3.63, 3.8) is 0 Å². The van der Waals surface area contributed by atoms with Gasteiger partial charge in [-0.3, -0.25) is 9.59 Å². The van der Waals surface area contributed by atoms with Crippen LogP contribution in [-0.2, 0) is 6.42 Å². The van der Waals surface area contributed by atoms with Gasteiger partial charge in [0.05, 0.1) is 0 Å². The van der Waals surface area contributed by atoms with Gasteiger partial charge in [0, 0.05) is 30.8 Å². The van der Waals surface area contributed by atoms with E-state index in [4.69, 9.17) is 0 Å². The molecule has 1 aliphatic heterocycles. The molecule has 3 rings (SSSR count). The van der Waals surface area contributed by atoms with Gasteiger partial charge in [-0.2, -0.15) is 0 Å². The van der Waals surface area contributed by atoms with Gasteiger partial charge in [-0.25, -0.2) is 0 Å². The summed E-state index contributed by atoms with van der Waals surface area (Å²) in [5, 5.41) is 3.03. The Morgan fingerprint density at radius 3 is 2.70 bits per heavy atom. The highest BCUT2D eigenvalue weighted by Crippen LogP contribution is 2.26. The highest BCUT2D eigenvalue weighted by atomic mass is 16.2. The first kappa shape index (κ1) is 16.2. The fourth-order valence-electron chi connectivity index (χ4n) is 3.83. The maximum atomic E-state index is 12.5. The van der Waals surface area contributed by atoms with Crippen LogP contribution in [0.3, 0.4) is 0 Å². The number of carbonyl (C=O) groups is 2. The molecule has 1 unspecified atom stereocenters. The topological polar surface area (TPSA) is 65.2 Å². The summed E-state index contributed by atoms with van der Waals surface area (Å²) in [6, 6.07) is 0. The molecule has 126 valence electrons. The number of carbonyl (C=O) groups excluding carboxylic acids is 2. The molecule has 1 aromatic rings. The number of likely N-dealkylation sites (tertiary alicyclic amines) is 1. The molecule has 1 saturated heterocycles. The lowest BCUT2D eigenvalue weighted by molar-refractivity contribution is 0.0939. The number of ketones is 1. The van der Waals surface area contributed by atoms with E-state index in [9.17, 15) is 9.59 Å². The maximum absolute atomic E-state index is 12.5. The van der Waals surface area contributed by atoms with Crippen molar-refractivity contribution in [1.29, 1.82) is 0 Å². The Balaban J connectivity index is 1.59. The average Bonchev–Trinajstić information content (AvgIpc) is 3.14. The van der Waals surface area contributed by atoms with Crippen LogP contribution in [0.25, 0.3) is 0 Å². The van der Waals surface area contributed by atoms with Gasteiger partial charge >= 0.3 is 0 Å². The van der Waals surface area contributed by atoms with Crippen LogP contribution in [0.1, 0.15) is 64.7 Å². The first-order valence-electron chi connectivity index (χ1n) is 8.81. The Bertz CT molecular complexity index is 600. The number of Topliss-reactive ketones (excluding diaryl/α,β-unsaturated/α-hetero) is 1. The Labute approximate surface area is 137 Å². The lowest BCUT2D eigenvalue weighted by atomic mass is 9.94. The van der Waals surface area contributed by atoms with Crippen LogP contribution >= 0.6 is 0 Å². The number of nitrogens with zero attached hydrogens (tertiary/aromatic N) is 1. The molecule has 0 saturated carbocycles. The van der Waals surface area contributed by atoms with E-state index >= 15 is 0 Å². The average molecular weight is 317 g/mol. The lowest BCUT2D eigenvalue weighted by Crippen LogP contribution is -2.34. The van der Waals surface area contributed by atoms with Gasteiger partial charge in [-0.05, 0) is 57.2 Å². The molecule has 1 amide bonds. The number of hydrogen-bond donors (Lipinski definition) is 2. The number of rotatable bonds is 5. The van der Waals surface area contributed by atoms with Crippen LogP contribution in [0.2, 0.25) is 0 Å². The maximum Gasteiger partial charge on any atom is 0.268 e. The summed E-state index contributed by atoms with van der Waals surface area (Å²) >= 11 is 0. The quantitative estimate of drug-likeness (QED) is 0.876. The van der Waals surface area contributed by atoms with Gasteiger partial charge in [-0.1, -0.05) is 6.92 Å². The molecule has 0 radical (unpaired) electrons. The number of hydrogen-bond acceptors (Lipinski definition) is 3. The van der Waals surface area contributed by atoms with Crippen molar-refractivity contribution in [3.8, 4) is 0 Å². The molecule has 0 bridgehead atoms. The van der Waals surface area contributed by atoms with Crippen molar-refractivity contribution in [3.05, 3.63) is 22.5 Å². The molecule has 0 spiro atoms. The first-order valence-corrected chi connectivity index (χ1v) is 8.81. The SMILES string of the molecule is Cc1c(C(=O)NCC(C)CN2CCCC2)[nH]c2c1C(=O)CCC2. The van der Waals surface area contributed by atoms with Crippen LogP contribution in [-0.4, -0.2) is 47.8 Å². The summed E-state index contributed by atoms with van der Waals surface area (Å²) in [5.74, 6) is 0.517. The van der Waals surface area contributed by atoms with Crippen LogP contribution in [0.5, 0.6) is 0 Å². The van der Waals surface area contributed by atoms with E-state index in [-0.39, 0.29) is 11.7 Å². The molecule has 2 N–H and O–H groups in total. The second kappa shape index (κ2) is 6.87. The molecular formula is C18H27N3O2. The number of nitrogens with one attached hydrogen (secondary N) is 2. The molecule has 1 atom stereocenters. The van der Waals surface area contributed by atoms with Gasteiger partial charge < -0.3 is 15.2 Å². The Kier molecular flexibility index (Phi) is 4.85. The molecule has 0 aromatic carbocycles. The largest absolute Gasteiger partial charge is 0.354 e. The molecular weight excluding hydrogens is 290 g/mol. The van der Waals surface area contributed by atoms with E-state index in [1.165, 1.54) is 25.9 Å². The summed E-state index contributed by atoms with van der Waals surface area (Å²) in [6.45, 7) is 8.13. The number of amides is 1. The van der Waals surface area contributed by atoms with Crippen LogP contribution < -0.4 is 5.32 Å². The van der Waals surface area contributed by atoms with E-state index in [1.54, 1.807) is 0 Å². The van der Waals surface area contributed by atoms with E-state index in [0.29, 0.717) is 24.6 Å². The Morgan fingerprint density at radius 2 is 2.00 bits per heavy atom. The number of fused-ring (bicyclic) bond motifs is 1. The minimum atomic E-state index is -0.0852. The minimum Gasteiger partial charge on any atom is -0.354 e. The zero-order valence-corrected chi connectivity index (χ0v) is 14.2. The van der Waals surface area contributed by atoms with Crippen molar-refractivity contribution in [2.75, 3.05) is 26.2 Å². The molecule has 23 heavy (non-hydrogen) atoms. The van der Waals surface area contributed by atoms with Crippen molar-refractivity contribution in [1.82, 2.24) is 15.2 Å². The monoisotopic (exact) mass is 317 g/mol. The van der Waals surface area contributed by atoms with Gasteiger partial charge in [0.1, 0.15) is 5.69 Å². The third-order valence-electron chi connectivity index (χ3n) is 5.04. The third kappa shape index (κ3) is 3.50. The summed E-state index contributed by atoms with van der Waals surface area (Å²) in [4.78, 5) is 30.2. The minimum absolute atomic E-state index is 0.0852. The fourth-order valence-corrected chi connectivity index (χ4v) is 3.83. The lowest BCUT2D eigenvalue weighted by Gasteiger charge is -2.20. The predicted molar refractivity (Wildman–Crippen MR) is 90.0 cm³/mol. The van der Waals surface area contributed by atoms with Crippen molar-refractivity contribution in [2.45, 2.75) is 46.0 Å². The van der Waals surface area contributed by atoms with E-state index in [0.717, 1.165) is 36.2 Å². The summed E-state index contributed by atoms with van der Waals surface area (Å²) in [6.07, 6.45) is 4.92. The van der Waals surface area contributed by atoms with E-state index in [2.05, 4.69) is 22.1 Å². The number of aryl methyl sites for hydroxylation is 1. The normalized spacial score (nSPS) is 19.7. The molecule has 1 aliphatic carbocycles. The first-order chi connectivity index (χ1) is 11.1. The predicted octanol–water partition coefficient (Wildman–Crippen LogP) is 2.30. The van der Waals surface area contributed by atoms with Gasteiger partial charge in [0.25, 0.3) is 5.91 Å². The highest BCUT2D eigenvalue weighted by Gasteiger charge is 2.26. The van der Waals surface area contributed by atoms with Gasteiger partial charge in [0.2, 0.25) is 0 Å². The fraction of sp³-hybridized carbons (Fsp3) is 0.667. The Morgan fingerprint density at radius 1 is 1.26 bits per heavy atom. The molecule has 2 aliphatic rings. The summed E-state index contributed by atoms with van der Waals surface area (Å²) < 4.78 is 0.